The highest BCUT2D eigenvalue weighted by molar-refractivity contribution is 7.80. The van der Waals surface area contributed by atoms with Gasteiger partial charge in [-0.05, 0) is 25.7 Å². The first-order valence-corrected chi connectivity index (χ1v) is 21.8. The lowest BCUT2D eigenvalue weighted by Crippen LogP contribution is -2.50. The molecule has 3 atom stereocenters. The summed E-state index contributed by atoms with van der Waals surface area (Å²) in [5, 5.41) is 11.3. The largest absolute Gasteiger partial charge is 0.397 e. The maximum Gasteiger partial charge on any atom is 0.397 e. The van der Waals surface area contributed by atoms with Crippen LogP contribution in [0.25, 0.3) is 0 Å². The SMILES string of the molecule is CCCCCCCCCCCCCCC(CC)C(=O)CC(O)(CN)C(=O)C(CC)CCCCCCCCCCCCCC.COS(=O)(=O)O. The van der Waals surface area contributed by atoms with Gasteiger partial charge >= 0.3 is 10.4 Å². The van der Waals surface area contributed by atoms with Crippen molar-refractivity contribution in [2.24, 2.45) is 17.6 Å². The molecule has 49 heavy (non-hydrogen) atoms. The first-order chi connectivity index (χ1) is 23.5. The van der Waals surface area contributed by atoms with Crippen LogP contribution < -0.4 is 5.73 Å². The topological polar surface area (TPSA) is 144 Å². The molecule has 294 valence electrons. The zero-order valence-corrected chi connectivity index (χ0v) is 33.6. The molecule has 0 bridgehead atoms. The summed E-state index contributed by atoms with van der Waals surface area (Å²) in [7, 11) is -3.29. The molecule has 9 heteroatoms. The van der Waals surface area contributed by atoms with E-state index < -0.39 is 16.0 Å². The maximum atomic E-state index is 13.4. The molecule has 0 aromatic carbocycles. The predicted molar refractivity (Wildman–Crippen MR) is 206 cm³/mol. The van der Waals surface area contributed by atoms with E-state index in [4.69, 9.17) is 10.3 Å². The molecule has 0 fully saturated rings. The molecule has 0 rings (SSSR count). The average Bonchev–Trinajstić information content (AvgIpc) is 3.08. The van der Waals surface area contributed by atoms with Crippen LogP contribution in [0, 0.1) is 11.8 Å². The molecule has 3 unspecified atom stereocenters. The highest BCUT2D eigenvalue weighted by Gasteiger charge is 2.40. The normalized spacial score (nSPS) is 14.1. The minimum Gasteiger partial charge on any atom is -0.380 e. The van der Waals surface area contributed by atoms with Crippen LogP contribution in [0.1, 0.15) is 214 Å². The van der Waals surface area contributed by atoms with Crippen molar-refractivity contribution in [1.29, 1.82) is 0 Å². The summed E-state index contributed by atoms with van der Waals surface area (Å²) in [6, 6.07) is 0. The van der Waals surface area contributed by atoms with E-state index in [1.807, 2.05) is 6.92 Å². The van der Waals surface area contributed by atoms with E-state index in [-0.39, 0.29) is 36.4 Å². The fourth-order valence-corrected chi connectivity index (χ4v) is 6.65. The van der Waals surface area contributed by atoms with Crippen LogP contribution in [-0.2, 0) is 24.2 Å². The van der Waals surface area contributed by atoms with Crippen LogP contribution in [-0.4, -0.2) is 48.9 Å². The van der Waals surface area contributed by atoms with Crippen molar-refractivity contribution in [3.8, 4) is 0 Å². The monoisotopic (exact) mass is 720 g/mol. The van der Waals surface area contributed by atoms with Gasteiger partial charge in [-0.15, -0.1) is 0 Å². The van der Waals surface area contributed by atoms with Crippen LogP contribution >= 0.6 is 0 Å². The fourth-order valence-electron chi connectivity index (χ4n) is 6.65. The number of nitrogens with two attached hydrogens (primary N) is 1. The Bertz CT molecular complexity index is 867. The van der Waals surface area contributed by atoms with Gasteiger partial charge in [-0.2, -0.15) is 8.42 Å². The zero-order valence-electron chi connectivity index (χ0n) is 32.8. The molecule has 0 aromatic heterocycles. The molecule has 0 heterocycles. The predicted octanol–water partition coefficient (Wildman–Crippen LogP) is 10.9. The third-order valence-corrected chi connectivity index (χ3v) is 10.5. The zero-order chi connectivity index (χ0) is 37.2. The van der Waals surface area contributed by atoms with Gasteiger partial charge in [0.25, 0.3) is 0 Å². The molecule has 8 nitrogen and oxygen atoms in total. The summed E-state index contributed by atoms with van der Waals surface area (Å²) in [6.45, 7) is 8.44. The Morgan fingerprint density at radius 1 is 0.592 bits per heavy atom. The number of aliphatic hydroxyl groups is 1. The summed E-state index contributed by atoms with van der Waals surface area (Å²) >= 11 is 0. The number of unbranched alkanes of at least 4 members (excludes halogenated alkanes) is 22. The second kappa shape index (κ2) is 34.2. The molecular weight excluding hydrogens is 639 g/mol. The van der Waals surface area contributed by atoms with Crippen molar-refractivity contribution in [2.75, 3.05) is 13.7 Å². The van der Waals surface area contributed by atoms with E-state index in [0.29, 0.717) is 6.42 Å². The van der Waals surface area contributed by atoms with Crippen molar-refractivity contribution < 1.29 is 31.8 Å². The van der Waals surface area contributed by atoms with Crippen LogP contribution in [0.2, 0.25) is 0 Å². The summed E-state index contributed by atoms with van der Waals surface area (Å²) in [5.41, 5.74) is 4.25. The number of hydrogen-bond donors (Lipinski definition) is 3. The summed E-state index contributed by atoms with van der Waals surface area (Å²) in [5.74, 6) is -0.465. The van der Waals surface area contributed by atoms with E-state index >= 15 is 0 Å². The van der Waals surface area contributed by atoms with E-state index in [2.05, 4.69) is 25.0 Å². The van der Waals surface area contributed by atoms with Gasteiger partial charge in [-0.1, -0.05) is 182 Å². The molecule has 0 spiro atoms. The molecule has 0 amide bonds. The van der Waals surface area contributed by atoms with Gasteiger partial charge in [0.1, 0.15) is 11.4 Å². The van der Waals surface area contributed by atoms with Gasteiger partial charge < -0.3 is 10.8 Å². The Morgan fingerprint density at radius 2 is 0.878 bits per heavy atom. The van der Waals surface area contributed by atoms with Crippen molar-refractivity contribution in [2.45, 2.75) is 219 Å². The third-order valence-electron chi connectivity index (χ3n) is 10.1. The van der Waals surface area contributed by atoms with E-state index in [0.717, 1.165) is 52.1 Å². The average molecular weight is 720 g/mol. The van der Waals surface area contributed by atoms with Crippen molar-refractivity contribution >= 4 is 22.0 Å². The molecule has 4 N–H and O–H groups in total. The van der Waals surface area contributed by atoms with Gasteiger partial charge in [-0.3, -0.25) is 18.3 Å². The number of carbonyl (C=O) groups excluding carboxylic acids is 2. The molecule has 0 radical (unpaired) electrons. The van der Waals surface area contributed by atoms with Gasteiger partial charge in [0.05, 0.1) is 7.11 Å². The lowest BCUT2D eigenvalue weighted by molar-refractivity contribution is -0.146. The van der Waals surface area contributed by atoms with Gasteiger partial charge in [0.2, 0.25) is 0 Å². The van der Waals surface area contributed by atoms with Crippen molar-refractivity contribution in [1.82, 2.24) is 0 Å². The Balaban J connectivity index is 0. The number of Topliss-reactive ketones (excluding diaryl/α,β-unsaturated/α-hetero) is 2. The second-order valence-electron chi connectivity index (χ2n) is 14.4. The van der Waals surface area contributed by atoms with Gasteiger partial charge in [0.15, 0.2) is 5.78 Å². The number of carbonyl (C=O) groups is 2. The molecule has 0 aromatic rings. The van der Waals surface area contributed by atoms with Gasteiger partial charge in [0, 0.05) is 24.8 Å². The lowest BCUT2D eigenvalue weighted by Gasteiger charge is -2.30. The lowest BCUT2D eigenvalue weighted by atomic mass is 9.78. The minimum atomic E-state index is -4.16. The highest BCUT2D eigenvalue weighted by atomic mass is 32.3. The summed E-state index contributed by atoms with van der Waals surface area (Å²) < 4.78 is 29.7. The van der Waals surface area contributed by atoms with Crippen molar-refractivity contribution in [3.05, 3.63) is 0 Å². The Labute approximate surface area is 303 Å². The van der Waals surface area contributed by atoms with E-state index in [9.17, 15) is 23.1 Å². The van der Waals surface area contributed by atoms with E-state index in [1.54, 1.807) is 0 Å². The third kappa shape index (κ3) is 30.5. The molecule has 0 aliphatic carbocycles. The highest BCUT2D eigenvalue weighted by Crippen LogP contribution is 2.27. The van der Waals surface area contributed by atoms with Gasteiger partial charge in [-0.25, -0.2) is 0 Å². The number of ketones is 2. The quantitative estimate of drug-likeness (QED) is 0.0433. The Morgan fingerprint density at radius 3 is 1.14 bits per heavy atom. The Kier molecular flexibility index (Phi) is 35.1. The number of rotatable bonds is 35. The van der Waals surface area contributed by atoms with Crippen LogP contribution in [0.15, 0.2) is 0 Å². The molecular formula is C40H81NO7S. The standard InChI is InChI=1S/C39H77NO3.CH4O4S/c1-5-9-11-13-15-17-19-21-23-25-27-29-31-35(7-3)37(41)33-39(43,34-40)38(42)36(8-4)32-30-28-26-24-22-20-18-16-14-12-10-6-2;1-5-6(2,3)4/h35-36,43H,5-34,40H2,1-4H3;1H3,(H,2,3,4). The van der Waals surface area contributed by atoms with Crippen molar-refractivity contribution in [3.63, 3.8) is 0 Å². The first kappa shape index (κ1) is 50.2. The molecule has 0 aliphatic rings. The summed E-state index contributed by atoms with van der Waals surface area (Å²) in [4.78, 5) is 26.6. The minimum absolute atomic E-state index is 0.0205. The van der Waals surface area contributed by atoms with E-state index in [1.165, 1.54) is 128 Å². The van der Waals surface area contributed by atoms with Crippen LogP contribution in [0.3, 0.4) is 0 Å². The van der Waals surface area contributed by atoms with Crippen LogP contribution in [0.5, 0.6) is 0 Å². The van der Waals surface area contributed by atoms with Crippen LogP contribution in [0.4, 0.5) is 0 Å². The maximum absolute atomic E-state index is 13.4. The smallest absolute Gasteiger partial charge is 0.380 e. The molecule has 0 saturated carbocycles. The second-order valence-corrected chi connectivity index (χ2v) is 15.6. The summed E-state index contributed by atoms with van der Waals surface area (Å²) in [6.07, 6.45) is 34.2. The first-order valence-electron chi connectivity index (χ1n) is 20.5. The number of hydrogen-bond acceptors (Lipinski definition) is 7. The Hall–Kier alpha value is -0.870. The molecule has 0 aliphatic heterocycles. The fraction of sp³-hybridized carbons (Fsp3) is 0.950. The molecule has 0 saturated heterocycles.